The van der Waals surface area contributed by atoms with E-state index in [2.05, 4.69) is 8.80 Å². The van der Waals surface area contributed by atoms with Crippen LogP contribution in [0.1, 0.15) is 41.5 Å². The summed E-state index contributed by atoms with van der Waals surface area (Å²) >= 11 is 0. The lowest BCUT2D eigenvalue weighted by Crippen LogP contribution is -2.33. The van der Waals surface area contributed by atoms with Crippen LogP contribution >= 0.6 is 0 Å². The van der Waals surface area contributed by atoms with Crippen molar-refractivity contribution < 1.29 is 21.6 Å². The third-order valence-corrected chi connectivity index (χ3v) is 4.66. The summed E-state index contributed by atoms with van der Waals surface area (Å²) in [6.07, 6.45) is -2.89. The van der Waals surface area contributed by atoms with Crippen LogP contribution in [0.15, 0.2) is 8.80 Å². The van der Waals surface area contributed by atoms with Crippen LogP contribution in [0, 0.1) is 0 Å². The molecule has 0 spiro atoms. The Morgan fingerprint density at radius 1 is 0.864 bits per heavy atom. The summed E-state index contributed by atoms with van der Waals surface area (Å²) in [5, 5.41) is 0. The molecule has 0 N–H and O–H groups in total. The Morgan fingerprint density at radius 2 is 1.18 bits per heavy atom. The standard InChI is InChI=1S/C12H22F3N3O2S2/c1-10(2,3)21(19)16-8-18(7-12(13,14)15)9-17-22(20)11(4,5)6/h8-9H,7H2,1-6H3/b16-8+,17-9+/t21-,22-/m1/s1. The first-order chi connectivity index (χ1) is 9.63. The molecule has 0 rings (SSSR count). The van der Waals surface area contributed by atoms with Crippen LogP contribution in [0.2, 0.25) is 0 Å². The van der Waals surface area contributed by atoms with Crippen LogP contribution in [0.5, 0.6) is 0 Å². The predicted octanol–water partition coefficient (Wildman–Crippen LogP) is 2.83. The van der Waals surface area contributed by atoms with E-state index in [1.54, 1.807) is 41.5 Å². The molecule has 0 aliphatic carbocycles. The molecule has 0 aromatic carbocycles. The molecule has 0 radical (unpaired) electrons. The summed E-state index contributed by atoms with van der Waals surface area (Å²) in [5.41, 5.74) is 0. The molecule has 0 heterocycles. The molecule has 0 unspecified atom stereocenters. The maximum Gasteiger partial charge on any atom is 0.406 e. The molecular weight excluding hydrogens is 339 g/mol. The molecule has 0 saturated heterocycles. The quantitative estimate of drug-likeness (QED) is 0.559. The van der Waals surface area contributed by atoms with E-state index >= 15 is 0 Å². The zero-order chi connectivity index (χ0) is 17.8. The van der Waals surface area contributed by atoms with Gasteiger partial charge in [0.2, 0.25) is 0 Å². The number of rotatable bonds is 5. The summed E-state index contributed by atoms with van der Waals surface area (Å²) in [5.74, 6) is 0. The van der Waals surface area contributed by atoms with Gasteiger partial charge in [-0.15, -0.1) is 0 Å². The Bertz CT molecular complexity index is 441. The zero-order valence-corrected chi connectivity index (χ0v) is 15.1. The van der Waals surface area contributed by atoms with Crippen LogP contribution < -0.4 is 0 Å². The van der Waals surface area contributed by atoms with Crippen molar-refractivity contribution in [2.45, 2.75) is 57.2 Å². The highest BCUT2D eigenvalue weighted by molar-refractivity contribution is 7.85. The zero-order valence-electron chi connectivity index (χ0n) is 13.5. The van der Waals surface area contributed by atoms with Crippen LogP contribution in [-0.4, -0.2) is 48.2 Å². The van der Waals surface area contributed by atoms with Gasteiger partial charge in [0.1, 0.15) is 41.2 Å². The molecule has 10 heteroatoms. The van der Waals surface area contributed by atoms with Crippen LogP contribution in [-0.2, 0) is 22.0 Å². The van der Waals surface area contributed by atoms with Gasteiger partial charge >= 0.3 is 6.18 Å². The van der Waals surface area contributed by atoms with E-state index in [-0.39, 0.29) is 0 Å². The minimum atomic E-state index is -4.50. The Labute approximate surface area is 134 Å². The average Bonchev–Trinajstić information content (AvgIpc) is 2.27. The SMILES string of the molecule is CC(C)(C)[S@@](=O)/N=C/N(/C=N/[S@](=O)C(C)(C)C)CC(F)(F)F. The van der Waals surface area contributed by atoms with E-state index in [1.165, 1.54) is 0 Å². The molecule has 0 aliphatic heterocycles. The molecule has 5 nitrogen and oxygen atoms in total. The Hall–Kier alpha value is -0.770. The van der Waals surface area contributed by atoms with Gasteiger partial charge in [0.15, 0.2) is 0 Å². The van der Waals surface area contributed by atoms with Crippen molar-refractivity contribution >= 4 is 34.6 Å². The molecule has 0 aromatic rings. The maximum atomic E-state index is 12.5. The number of halogens is 3. The minimum absolute atomic E-state index is 0.618. The predicted molar refractivity (Wildman–Crippen MR) is 85.5 cm³/mol. The molecule has 0 amide bonds. The molecule has 0 aromatic heterocycles. The first-order valence-corrected chi connectivity index (χ1v) is 8.59. The van der Waals surface area contributed by atoms with E-state index in [0.717, 1.165) is 12.7 Å². The lowest BCUT2D eigenvalue weighted by atomic mass is 10.3. The molecule has 0 fully saturated rings. The summed E-state index contributed by atoms with van der Waals surface area (Å²) < 4.78 is 66.8. The number of hydrogen-bond acceptors (Lipinski definition) is 2. The number of alkyl halides is 3. The van der Waals surface area contributed by atoms with E-state index < -0.39 is 44.2 Å². The molecule has 130 valence electrons. The third-order valence-electron chi connectivity index (χ3n) is 1.99. The third kappa shape index (κ3) is 9.29. The normalized spacial score (nSPS) is 17.1. The highest BCUT2D eigenvalue weighted by atomic mass is 32.2. The van der Waals surface area contributed by atoms with Crippen molar-refractivity contribution in [1.29, 1.82) is 0 Å². The van der Waals surface area contributed by atoms with Crippen molar-refractivity contribution in [3.05, 3.63) is 0 Å². The highest BCUT2D eigenvalue weighted by Crippen LogP contribution is 2.17. The second-order valence-electron chi connectivity index (χ2n) is 6.45. The van der Waals surface area contributed by atoms with Crippen molar-refractivity contribution in [3.8, 4) is 0 Å². The number of nitrogens with zero attached hydrogens (tertiary/aromatic N) is 3. The molecule has 22 heavy (non-hydrogen) atoms. The van der Waals surface area contributed by atoms with Gasteiger partial charge in [0.25, 0.3) is 0 Å². The molecule has 0 aliphatic rings. The molecule has 2 atom stereocenters. The van der Waals surface area contributed by atoms with E-state index in [9.17, 15) is 21.6 Å². The van der Waals surface area contributed by atoms with Gasteiger partial charge in [-0.05, 0) is 41.5 Å². The maximum absolute atomic E-state index is 12.5. The molecule has 0 bridgehead atoms. The van der Waals surface area contributed by atoms with Crippen molar-refractivity contribution in [1.82, 2.24) is 4.90 Å². The molecule has 0 saturated carbocycles. The van der Waals surface area contributed by atoms with Crippen LogP contribution in [0.3, 0.4) is 0 Å². The van der Waals surface area contributed by atoms with Gasteiger partial charge in [-0.2, -0.15) is 22.0 Å². The van der Waals surface area contributed by atoms with E-state index in [0.29, 0.717) is 4.90 Å². The summed E-state index contributed by atoms with van der Waals surface area (Å²) in [6.45, 7) is 8.54. The lowest BCUT2D eigenvalue weighted by molar-refractivity contribution is -0.131. The first kappa shape index (κ1) is 21.2. The lowest BCUT2D eigenvalue weighted by Gasteiger charge is -2.18. The molecular formula is C12H22F3N3O2S2. The first-order valence-electron chi connectivity index (χ1n) is 6.38. The second kappa shape index (κ2) is 7.67. The van der Waals surface area contributed by atoms with Gasteiger partial charge in [0.05, 0.1) is 9.49 Å². The van der Waals surface area contributed by atoms with Crippen LogP contribution in [0.4, 0.5) is 13.2 Å². The smallest absolute Gasteiger partial charge is 0.313 e. The van der Waals surface area contributed by atoms with Gasteiger partial charge < -0.3 is 4.90 Å². The average molecular weight is 361 g/mol. The van der Waals surface area contributed by atoms with Crippen molar-refractivity contribution in [3.63, 3.8) is 0 Å². The topological polar surface area (TPSA) is 62.1 Å². The summed E-state index contributed by atoms with van der Waals surface area (Å²) in [6, 6.07) is 0. The summed E-state index contributed by atoms with van der Waals surface area (Å²) in [4.78, 5) is 0.618. The van der Waals surface area contributed by atoms with E-state index in [4.69, 9.17) is 0 Å². The van der Waals surface area contributed by atoms with E-state index in [1.807, 2.05) is 0 Å². The Kier molecular flexibility index (Phi) is 7.40. The van der Waals surface area contributed by atoms with Crippen molar-refractivity contribution in [2.24, 2.45) is 8.80 Å². The monoisotopic (exact) mass is 361 g/mol. The minimum Gasteiger partial charge on any atom is -0.313 e. The van der Waals surface area contributed by atoms with Gasteiger partial charge in [-0.1, -0.05) is 0 Å². The fraction of sp³-hybridized carbons (Fsp3) is 0.833. The highest BCUT2D eigenvalue weighted by Gasteiger charge is 2.30. The van der Waals surface area contributed by atoms with Gasteiger partial charge in [-0.25, -0.2) is 8.42 Å². The largest absolute Gasteiger partial charge is 0.406 e. The van der Waals surface area contributed by atoms with Gasteiger partial charge in [-0.3, -0.25) is 0 Å². The second-order valence-corrected chi connectivity index (χ2v) is 10.3. The Balaban J connectivity index is 5.16. The Morgan fingerprint density at radius 3 is 1.41 bits per heavy atom. The van der Waals surface area contributed by atoms with Crippen molar-refractivity contribution in [2.75, 3.05) is 6.54 Å². The summed E-state index contributed by atoms with van der Waals surface area (Å²) in [7, 11) is -3.39. The number of hydrogen-bond donors (Lipinski definition) is 0. The van der Waals surface area contributed by atoms with Crippen LogP contribution in [0.25, 0.3) is 0 Å². The fourth-order valence-corrected chi connectivity index (χ4v) is 1.89. The fourth-order valence-electron chi connectivity index (χ4n) is 0.841. The van der Waals surface area contributed by atoms with Gasteiger partial charge in [0, 0.05) is 0 Å².